The van der Waals surface area contributed by atoms with Gasteiger partial charge >= 0.3 is 0 Å². The molecule has 1 rings (SSSR count). The quantitative estimate of drug-likeness (QED) is 0.770. The third kappa shape index (κ3) is 6.10. The summed E-state index contributed by atoms with van der Waals surface area (Å²) in [6, 6.07) is 3.79. The number of aliphatic hydroxyl groups is 1. The van der Waals surface area contributed by atoms with Gasteiger partial charge in [0.25, 0.3) is 0 Å². The molecule has 1 amide bonds. The fourth-order valence-corrected chi connectivity index (χ4v) is 1.85. The molecule has 0 fully saturated rings. The van der Waals surface area contributed by atoms with Crippen molar-refractivity contribution in [1.82, 2.24) is 5.32 Å². The molecule has 0 saturated carbocycles. The van der Waals surface area contributed by atoms with E-state index < -0.39 is 11.6 Å². The summed E-state index contributed by atoms with van der Waals surface area (Å²) in [5.74, 6) is -1.53. The highest BCUT2D eigenvalue weighted by atomic mass is 19.2. The smallest absolute Gasteiger partial charge is 0.220 e. The van der Waals surface area contributed by atoms with Crippen LogP contribution in [0, 0.1) is 17.6 Å². The number of halogens is 2. The molecular weight excluding hydrogens is 264 g/mol. The predicted octanol–water partition coefficient (Wildman–Crippen LogP) is 2.42. The Hall–Kier alpha value is -1.49. The minimum atomic E-state index is -0.857. The van der Waals surface area contributed by atoms with E-state index >= 15 is 0 Å². The molecule has 0 spiro atoms. The molecule has 1 aromatic rings. The van der Waals surface area contributed by atoms with Crippen LogP contribution in [0.1, 0.15) is 31.7 Å². The summed E-state index contributed by atoms with van der Waals surface area (Å²) in [4.78, 5) is 11.6. The summed E-state index contributed by atoms with van der Waals surface area (Å²) in [7, 11) is 0. The zero-order chi connectivity index (χ0) is 15.0. The number of aliphatic hydroxyl groups excluding tert-OH is 1. The van der Waals surface area contributed by atoms with E-state index in [1.807, 2.05) is 6.92 Å². The number of aryl methyl sites for hydroxylation is 1. The highest BCUT2D eigenvalue weighted by Gasteiger charge is 2.06. The van der Waals surface area contributed by atoms with Gasteiger partial charge in [-0.25, -0.2) is 8.78 Å². The Morgan fingerprint density at radius 2 is 2.10 bits per heavy atom. The van der Waals surface area contributed by atoms with E-state index in [1.165, 1.54) is 6.07 Å². The third-order valence-electron chi connectivity index (χ3n) is 3.12. The first-order chi connectivity index (χ1) is 9.52. The maximum Gasteiger partial charge on any atom is 0.220 e. The van der Waals surface area contributed by atoms with E-state index in [1.54, 1.807) is 0 Å². The molecule has 0 heterocycles. The van der Waals surface area contributed by atoms with Crippen LogP contribution in [0.5, 0.6) is 0 Å². The van der Waals surface area contributed by atoms with Gasteiger partial charge in [-0.1, -0.05) is 13.0 Å². The normalized spacial score (nSPS) is 12.2. The number of rotatable bonds is 8. The lowest BCUT2D eigenvalue weighted by atomic mass is 10.1. The molecule has 5 heteroatoms. The molecule has 0 bridgehead atoms. The molecule has 0 aliphatic heterocycles. The number of nitrogens with one attached hydrogen (secondary N) is 1. The van der Waals surface area contributed by atoms with Gasteiger partial charge in [0.2, 0.25) is 5.91 Å². The zero-order valence-electron chi connectivity index (χ0n) is 11.7. The van der Waals surface area contributed by atoms with E-state index in [-0.39, 0.29) is 18.4 Å². The van der Waals surface area contributed by atoms with Crippen LogP contribution < -0.4 is 5.32 Å². The van der Waals surface area contributed by atoms with Gasteiger partial charge in [-0.3, -0.25) is 4.79 Å². The minimum Gasteiger partial charge on any atom is -0.396 e. The van der Waals surface area contributed by atoms with Crippen molar-refractivity contribution in [2.75, 3.05) is 13.2 Å². The van der Waals surface area contributed by atoms with Crippen molar-refractivity contribution in [3.63, 3.8) is 0 Å². The van der Waals surface area contributed by atoms with E-state index in [0.717, 1.165) is 12.1 Å². The molecule has 3 nitrogen and oxygen atoms in total. The Kier molecular flexibility index (Phi) is 7.15. The van der Waals surface area contributed by atoms with Gasteiger partial charge in [0.15, 0.2) is 11.6 Å². The minimum absolute atomic E-state index is 0.0580. The van der Waals surface area contributed by atoms with Crippen molar-refractivity contribution in [3.8, 4) is 0 Å². The molecule has 0 saturated heterocycles. The van der Waals surface area contributed by atoms with E-state index in [2.05, 4.69) is 5.32 Å². The molecule has 20 heavy (non-hydrogen) atoms. The van der Waals surface area contributed by atoms with E-state index in [0.29, 0.717) is 37.8 Å². The molecule has 0 aliphatic rings. The SMILES string of the molecule is CC(CCO)CNC(=O)CCCc1ccc(F)c(F)c1. The maximum absolute atomic E-state index is 13.0. The number of hydrogen-bond donors (Lipinski definition) is 2. The summed E-state index contributed by atoms with van der Waals surface area (Å²) in [5, 5.41) is 11.5. The van der Waals surface area contributed by atoms with Gasteiger partial charge in [-0.05, 0) is 42.9 Å². The summed E-state index contributed by atoms with van der Waals surface area (Å²) in [6.45, 7) is 2.62. The molecule has 0 radical (unpaired) electrons. The van der Waals surface area contributed by atoms with Crippen LogP contribution in [0.25, 0.3) is 0 Å². The van der Waals surface area contributed by atoms with Crippen molar-refractivity contribution >= 4 is 5.91 Å². The molecule has 1 atom stereocenters. The third-order valence-corrected chi connectivity index (χ3v) is 3.12. The number of carbonyl (C=O) groups is 1. The van der Waals surface area contributed by atoms with Gasteiger partial charge in [0.05, 0.1) is 0 Å². The molecule has 2 N–H and O–H groups in total. The van der Waals surface area contributed by atoms with Crippen LogP contribution in [-0.4, -0.2) is 24.2 Å². The van der Waals surface area contributed by atoms with Crippen molar-refractivity contribution in [2.24, 2.45) is 5.92 Å². The Morgan fingerprint density at radius 1 is 1.35 bits per heavy atom. The standard InChI is InChI=1S/C15H21F2NO2/c1-11(7-8-19)10-18-15(20)4-2-3-12-5-6-13(16)14(17)9-12/h5-6,9,11,19H,2-4,7-8,10H2,1H3,(H,18,20). The van der Waals surface area contributed by atoms with Crippen LogP contribution in [-0.2, 0) is 11.2 Å². The fourth-order valence-electron chi connectivity index (χ4n) is 1.85. The van der Waals surface area contributed by atoms with Crippen LogP contribution in [0.3, 0.4) is 0 Å². The molecule has 1 aromatic carbocycles. The lowest BCUT2D eigenvalue weighted by molar-refractivity contribution is -0.121. The zero-order valence-corrected chi connectivity index (χ0v) is 11.7. The number of hydrogen-bond acceptors (Lipinski definition) is 2. The highest BCUT2D eigenvalue weighted by Crippen LogP contribution is 2.11. The Labute approximate surface area is 118 Å². The second kappa shape index (κ2) is 8.64. The predicted molar refractivity (Wildman–Crippen MR) is 73.2 cm³/mol. The second-order valence-electron chi connectivity index (χ2n) is 5.02. The topological polar surface area (TPSA) is 49.3 Å². The van der Waals surface area contributed by atoms with Crippen molar-refractivity contribution in [1.29, 1.82) is 0 Å². The average Bonchev–Trinajstić information content (AvgIpc) is 2.41. The molecule has 112 valence electrons. The van der Waals surface area contributed by atoms with Crippen LogP contribution in [0.2, 0.25) is 0 Å². The summed E-state index contributed by atoms with van der Waals surface area (Å²) >= 11 is 0. The first-order valence-electron chi connectivity index (χ1n) is 6.84. The first kappa shape index (κ1) is 16.6. The van der Waals surface area contributed by atoms with Crippen LogP contribution in [0.4, 0.5) is 8.78 Å². The summed E-state index contributed by atoms with van der Waals surface area (Å²) in [6.07, 6.45) is 2.14. The van der Waals surface area contributed by atoms with E-state index in [9.17, 15) is 13.6 Å². The molecular formula is C15H21F2NO2. The lowest BCUT2D eigenvalue weighted by Crippen LogP contribution is -2.28. The maximum atomic E-state index is 13.0. The number of carbonyl (C=O) groups excluding carboxylic acids is 1. The lowest BCUT2D eigenvalue weighted by Gasteiger charge is -2.11. The van der Waals surface area contributed by atoms with Crippen molar-refractivity contribution in [3.05, 3.63) is 35.4 Å². The van der Waals surface area contributed by atoms with Crippen molar-refractivity contribution in [2.45, 2.75) is 32.6 Å². The van der Waals surface area contributed by atoms with Gasteiger partial charge in [0.1, 0.15) is 0 Å². The molecule has 0 aliphatic carbocycles. The van der Waals surface area contributed by atoms with Gasteiger partial charge in [-0.2, -0.15) is 0 Å². The van der Waals surface area contributed by atoms with Gasteiger partial charge in [-0.15, -0.1) is 0 Å². The van der Waals surface area contributed by atoms with Crippen LogP contribution >= 0.6 is 0 Å². The Balaban J connectivity index is 2.23. The molecule has 1 unspecified atom stereocenters. The second-order valence-corrected chi connectivity index (χ2v) is 5.02. The molecule has 0 aromatic heterocycles. The van der Waals surface area contributed by atoms with Gasteiger partial charge in [0, 0.05) is 19.6 Å². The summed E-state index contributed by atoms with van der Waals surface area (Å²) < 4.78 is 25.7. The van der Waals surface area contributed by atoms with E-state index in [4.69, 9.17) is 5.11 Å². The number of amides is 1. The Bertz CT molecular complexity index is 438. The highest BCUT2D eigenvalue weighted by molar-refractivity contribution is 5.75. The Morgan fingerprint density at radius 3 is 2.75 bits per heavy atom. The largest absolute Gasteiger partial charge is 0.396 e. The monoisotopic (exact) mass is 285 g/mol. The van der Waals surface area contributed by atoms with Crippen molar-refractivity contribution < 1.29 is 18.7 Å². The number of benzene rings is 1. The average molecular weight is 285 g/mol. The van der Waals surface area contributed by atoms with Gasteiger partial charge < -0.3 is 10.4 Å². The van der Waals surface area contributed by atoms with Crippen LogP contribution in [0.15, 0.2) is 18.2 Å². The first-order valence-corrected chi connectivity index (χ1v) is 6.84. The summed E-state index contributed by atoms with van der Waals surface area (Å²) in [5.41, 5.74) is 0.686. The fraction of sp³-hybridized carbons (Fsp3) is 0.533.